The summed E-state index contributed by atoms with van der Waals surface area (Å²) in [5.41, 5.74) is -0.437. The van der Waals surface area contributed by atoms with Crippen molar-refractivity contribution in [3.8, 4) is 0 Å². The Morgan fingerprint density at radius 1 is 1.18 bits per heavy atom. The number of aromatic nitrogens is 1. The van der Waals surface area contributed by atoms with Crippen molar-refractivity contribution in [2.75, 3.05) is 25.0 Å². The fourth-order valence-corrected chi connectivity index (χ4v) is 3.08. The Morgan fingerprint density at radius 2 is 1.96 bits per heavy atom. The lowest BCUT2D eigenvalue weighted by Crippen LogP contribution is -2.39. The van der Waals surface area contributed by atoms with Gasteiger partial charge < -0.3 is 16.0 Å². The van der Waals surface area contributed by atoms with E-state index in [1.807, 2.05) is 13.1 Å². The summed E-state index contributed by atoms with van der Waals surface area (Å²) in [6.45, 7) is 4.79. The van der Waals surface area contributed by atoms with Gasteiger partial charge in [-0.15, -0.1) is 11.3 Å². The van der Waals surface area contributed by atoms with Crippen LogP contribution in [0, 0.1) is 17.5 Å². The third kappa shape index (κ3) is 6.22. The lowest BCUT2D eigenvalue weighted by Gasteiger charge is -2.11. The predicted molar refractivity (Wildman–Crippen MR) is 104 cm³/mol. The molecule has 0 spiro atoms. The number of hydrogen-bond donors (Lipinski definition) is 3. The van der Waals surface area contributed by atoms with Gasteiger partial charge in [0, 0.05) is 30.6 Å². The number of anilines is 1. The number of aliphatic imine (C=N–C) groups is 1. The first-order valence-corrected chi connectivity index (χ1v) is 9.65. The number of thiazole rings is 1. The number of aryl methyl sites for hydroxylation is 1. The zero-order chi connectivity index (χ0) is 20.5. The minimum Gasteiger partial charge on any atom is -0.357 e. The standard InChI is InChI=1S/C18H22F3N5OS/c1-3-11-9-24-15(28-11)7-8-23-18(22-4-2)25-10-14(27)26-13-6-5-12(19)16(20)17(13)21/h5-6,9H,3-4,7-8,10H2,1-2H3,(H,26,27)(H2,22,23,25). The maximum Gasteiger partial charge on any atom is 0.246 e. The van der Waals surface area contributed by atoms with Crippen molar-refractivity contribution in [3.63, 3.8) is 0 Å². The van der Waals surface area contributed by atoms with Gasteiger partial charge >= 0.3 is 0 Å². The lowest BCUT2D eigenvalue weighted by molar-refractivity contribution is -0.114. The van der Waals surface area contributed by atoms with Crippen LogP contribution >= 0.6 is 11.3 Å². The number of nitrogens with one attached hydrogen (secondary N) is 3. The van der Waals surface area contributed by atoms with Crippen LogP contribution in [0.1, 0.15) is 23.7 Å². The first-order chi connectivity index (χ1) is 13.4. The Labute approximate surface area is 165 Å². The summed E-state index contributed by atoms with van der Waals surface area (Å²) in [5, 5.41) is 9.26. The zero-order valence-corrected chi connectivity index (χ0v) is 16.4. The van der Waals surface area contributed by atoms with Gasteiger partial charge in [0.25, 0.3) is 0 Å². The molecule has 152 valence electrons. The van der Waals surface area contributed by atoms with E-state index >= 15 is 0 Å². The molecule has 1 heterocycles. The SMILES string of the molecule is CCNC(=NCC(=O)Nc1ccc(F)c(F)c1F)NCCc1ncc(CC)s1. The number of nitrogens with zero attached hydrogens (tertiary/aromatic N) is 2. The van der Waals surface area contributed by atoms with E-state index in [9.17, 15) is 18.0 Å². The topological polar surface area (TPSA) is 78.4 Å². The molecule has 0 bridgehead atoms. The monoisotopic (exact) mass is 413 g/mol. The van der Waals surface area contributed by atoms with Crippen molar-refractivity contribution in [3.05, 3.63) is 45.7 Å². The van der Waals surface area contributed by atoms with Gasteiger partial charge in [-0.05, 0) is 25.5 Å². The van der Waals surface area contributed by atoms with Crippen LogP contribution in [0.5, 0.6) is 0 Å². The number of halogens is 3. The highest BCUT2D eigenvalue weighted by Crippen LogP contribution is 2.19. The molecular formula is C18H22F3N5OS. The Balaban J connectivity index is 1.88. The molecule has 6 nitrogen and oxygen atoms in total. The number of guanidine groups is 1. The largest absolute Gasteiger partial charge is 0.357 e. The second kappa shape index (κ2) is 10.6. The zero-order valence-electron chi connectivity index (χ0n) is 15.6. The van der Waals surface area contributed by atoms with E-state index in [0.29, 0.717) is 25.5 Å². The lowest BCUT2D eigenvalue weighted by atomic mass is 10.3. The van der Waals surface area contributed by atoms with Gasteiger partial charge in [-0.1, -0.05) is 6.92 Å². The Kier molecular flexibility index (Phi) is 8.24. The van der Waals surface area contributed by atoms with Crippen LogP contribution in [0.4, 0.5) is 18.9 Å². The van der Waals surface area contributed by atoms with Gasteiger partial charge in [0.05, 0.1) is 10.7 Å². The van der Waals surface area contributed by atoms with E-state index in [0.717, 1.165) is 23.6 Å². The highest BCUT2D eigenvalue weighted by molar-refractivity contribution is 7.11. The molecule has 0 radical (unpaired) electrons. The van der Waals surface area contributed by atoms with Crippen molar-refractivity contribution in [2.24, 2.45) is 4.99 Å². The van der Waals surface area contributed by atoms with E-state index in [4.69, 9.17) is 0 Å². The van der Waals surface area contributed by atoms with Crippen molar-refractivity contribution in [1.82, 2.24) is 15.6 Å². The first kappa shape index (κ1) is 21.7. The van der Waals surface area contributed by atoms with E-state index in [1.165, 1.54) is 4.88 Å². The molecule has 0 aliphatic heterocycles. The molecule has 2 aromatic rings. The summed E-state index contributed by atoms with van der Waals surface area (Å²) in [4.78, 5) is 21.6. The molecule has 0 aliphatic rings. The van der Waals surface area contributed by atoms with Crippen LogP contribution in [0.3, 0.4) is 0 Å². The van der Waals surface area contributed by atoms with Crippen LogP contribution in [-0.4, -0.2) is 36.5 Å². The molecular weight excluding hydrogens is 391 g/mol. The van der Waals surface area contributed by atoms with Gasteiger partial charge in [-0.2, -0.15) is 0 Å². The maximum absolute atomic E-state index is 13.6. The molecule has 0 saturated heterocycles. The van der Waals surface area contributed by atoms with Gasteiger partial charge in [-0.25, -0.2) is 23.1 Å². The third-order valence-electron chi connectivity index (χ3n) is 3.62. The molecule has 0 saturated carbocycles. The van der Waals surface area contributed by atoms with Gasteiger partial charge in [0.2, 0.25) is 5.91 Å². The van der Waals surface area contributed by atoms with Crippen LogP contribution in [0.2, 0.25) is 0 Å². The number of carbonyl (C=O) groups is 1. The van der Waals surface area contributed by atoms with Gasteiger partial charge in [-0.3, -0.25) is 4.79 Å². The number of amides is 1. The maximum atomic E-state index is 13.6. The fraction of sp³-hybridized carbons (Fsp3) is 0.389. The van der Waals surface area contributed by atoms with Crippen molar-refractivity contribution in [1.29, 1.82) is 0 Å². The van der Waals surface area contributed by atoms with Crippen molar-refractivity contribution >= 4 is 28.9 Å². The average molecular weight is 413 g/mol. The molecule has 0 unspecified atom stereocenters. The van der Waals surface area contributed by atoms with E-state index < -0.39 is 29.0 Å². The van der Waals surface area contributed by atoms with E-state index in [2.05, 4.69) is 32.9 Å². The summed E-state index contributed by atoms with van der Waals surface area (Å²) in [6, 6.07) is 1.70. The predicted octanol–water partition coefficient (Wildman–Crippen LogP) is 2.86. The highest BCUT2D eigenvalue weighted by Gasteiger charge is 2.15. The molecule has 0 atom stereocenters. The first-order valence-electron chi connectivity index (χ1n) is 8.83. The molecule has 3 N–H and O–H groups in total. The molecule has 1 aromatic carbocycles. The summed E-state index contributed by atoms with van der Waals surface area (Å²) in [7, 11) is 0. The second-order valence-electron chi connectivity index (χ2n) is 5.72. The number of rotatable bonds is 8. The summed E-state index contributed by atoms with van der Waals surface area (Å²) >= 11 is 1.65. The van der Waals surface area contributed by atoms with E-state index in [-0.39, 0.29) is 6.54 Å². The van der Waals surface area contributed by atoms with Crippen LogP contribution in [0.25, 0.3) is 0 Å². The Hall–Kier alpha value is -2.62. The minimum absolute atomic E-state index is 0.314. The molecule has 1 amide bonds. The number of hydrogen-bond acceptors (Lipinski definition) is 4. The number of benzene rings is 1. The molecule has 1 aromatic heterocycles. The smallest absolute Gasteiger partial charge is 0.246 e. The van der Waals surface area contributed by atoms with E-state index in [1.54, 1.807) is 11.3 Å². The normalized spacial score (nSPS) is 11.4. The third-order valence-corrected chi connectivity index (χ3v) is 4.82. The Morgan fingerprint density at radius 3 is 2.64 bits per heavy atom. The molecule has 0 aliphatic carbocycles. The molecule has 28 heavy (non-hydrogen) atoms. The molecule has 2 rings (SSSR count). The summed E-state index contributed by atoms with van der Waals surface area (Å²) in [5.74, 6) is -4.65. The quantitative estimate of drug-likeness (QED) is 0.353. The fourth-order valence-electron chi connectivity index (χ4n) is 2.22. The highest BCUT2D eigenvalue weighted by atomic mass is 32.1. The second-order valence-corrected chi connectivity index (χ2v) is 6.92. The average Bonchev–Trinajstić information content (AvgIpc) is 3.14. The Bertz CT molecular complexity index is 841. The van der Waals surface area contributed by atoms with Crippen molar-refractivity contribution in [2.45, 2.75) is 26.7 Å². The summed E-state index contributed by atoms with van der Waals surface area (Å²) in [6.07, 6.45) is 3.52. The van der Waals surface area contributed by atoms with Crippen LogP contribution in [0.15, 0.2) is 23.3 Å². The van der Waals surface area contributed by atoms with Crippen LogP contribution < -0.4 is 16.0 Å². The summed E-state index contributed by atoms with van der Waals surface area (Å²) < 4.78 is 39.7. The van der Waals surface area contributed by atoms with Gasteiger partial charge in [0.15, 0.2) is 23.4 Å². The number of carbonyl (C=O) groups excluding carboxylic acids is 1. The van der Waals surface area contributed by atoms with Crippen LogP contribution in [-0.2, 0) is 17.6 Å². The molecule has 10 heteroatoms. The van der Waals surface area contributed by atoms with Crippen molar-refractivity contribution < 1.29 is 18.0 Å². The van der Waals surface area contributed by atoms with Gasteiger partial charge in [0.1, 0.15) is 6.54 Å². The molecule has 0 fully saturated rings. The minimum atomic E-state index is -1.63.